The van der Waals surface area contributed by atoms with Gasteiger partial charge in [0, 0.05) is 11.7 Å². The molecule has 0 radical (unpaired) electrons. The molecular formula is C10H13N3O. The van der Waals surface area contributed by atoms with Gasteiger partial charge in [-0.25, -0.2) is 4.98 Å². The van der Waals surface area contributed by atoms with Crippen LogP contribution in [0.4, 0.5) is 5.82 Å². The third-order valence-corrected chi connectivity index (χ3v) is 2.46. The number of nitrogens with one attached hydrogen (secondary N) is 1. The molecule has 3 N–H and O–H groups in total. The van der Waals surface area contributed by atoms with Crippen molar-refractivity contribution >= 4 is 11.7 Å². The second-order valence-corrected chi connectivity index (χ2v) is 3.99. The van der Waals surface area contributed by atoms with E-state index in [1.165, 1.54) is 6.20 Å². The van der Waals surface area contributed by atoms with Crippen LogP contribution in [0.15, 0.2) is 18.3 Å². The Bertz CT molecular complexity index is 354. The number of carbonyl (C=O) groups excluding carboxylic acids is 1. The predicted molar refractivity (Wildman–Crippen MR) is 53.8 cm³/mol. The zero-order valence-corrected chi connectivity index (χ0v) is 8.08. The summed E-state index contributed by atoms with van der Waals surface area (Å²) in [6.07, 6.45) is 3.61. The van der Waals surface area contributed by atoms with Gasteiger partial charge in [0.05, 0.1) is 5.56 Å². The monoisotopic (exact) mass is 191 g/mol. The van der Waals surface area contributed by atoms with E-state index in [-0.39, 0.29) is 11.4 Å². The molecule has 2 rings (SSSR count). The van der Waals surface area contributed by atoms with Gasteiger partial charge in [-0.3, -0.25) is 4.79 Å². The Morgan fingerprint density at radius 1 is 1.57 bits per heavy atom. The van der Waals surface area contributed by atoms with Crippen molar-refractivity contribution in [2.24, 2.45) is 0 Å². The Labute approximate surface area is 82.5 Å². The molecule has 1 aliphatic rings. The lowest BCUT2D eigenvalue weighted by Crippen LogP contribution is -2.34. The van der Waals surface area contributed by atoms with E-state index in [9.17, 15) is 4.79 Å². The zero-order valence-electron chi connectivity index (χ0n) is 8.08. The van der Waals surface area contributed by atoms with Crippen LogP contribution in [0.2, 0.25) is 0 Å². The van der Waals surface area contributed by atoms with Crippen molar-refractivity contribution in [3.05, 3.63) is 23.9 Å². The molecule has 1 saturated carbocycles. The van der Waals surface area contributed by atoms with E-state index in [1.807, 2.05) is 6.92 Å². The predicted octanol–water partition coefficient (Wildman–Crippen LogP) is 0.946. The summed E-state index contributed by atoms with van der Waals surface area (Å²) in [6.45, 7) is 2.04. The first kappa shape index (κ1) is 8.99. The Kier molecular flexibility index (Phi) is 1.91. The summed E-state index contributed by atoms with van der Waals surface area (Å²) in [5.41, 5.74) is 6.00. The Morgan fingerprint density at radius 3 is 2.79 bits per heavy atom. The topological polar surface area (TPSA) is 68.0 Å². The summed E-state index contributed by atoms with van der Waals surface area (Å²) in [5, 5.41) is 2.95. The molecule has 1 amide bonds. The summed E-state index contributed by atoms with van der Waals surface area (Å²) in [4.78, 5) is 15.5. The molecule has 74 valence electrons. The first-order valence-electron chi connectivity index (χ1n) is 4.63. The number of aromatic nitrogens is 1. The molecule has 0 bridgehead atoms. The Morgan fingerprint density at radius 2 is 2.29 bits per heavy atom. The van der Waals surface area contributed by atoms with Crippen molar-refractivity contribution in [3.63, 3.8) is 0 Å². The first-order chi connectivity index (χ1) is 6.59. The van der Waals surface area contributed by atoms with E-state index in [4.69, 9.17) is 5.73 Å². The van der Waals surface area contributed by atoms with E-state index in [0.717, 1.165) is 12.8 Å². The van der Waals surface area contributed by atoms with Crippen molar-refractivity contribution in [2.45, 2.75) is 25.3 Å². The summed E-state index contributed by atoms with van der Waals surface area (Å²) in [5.74, 6) is 0.358. The fourth-order valence-electron chi connectivity index (χ4n) is 1.20. The van der Waals surface area contributed by atoms with Gasteiger partial charge in [0.15, 0.2) is 0 Å². The number of pyridine rings is 1. The number of anilines is 1. The molecule has 0 atom stereocenters. The molecule has 4 nitrogen and oxygen atoms in total. The largest absolute Gasteiger partial charge is 0.384 e. The number of hydrogen-bond acceptors (Lipinski definition) is 3. The van der Waals surface area contributed by atoms with Crippen LogP contribution in [0.25, 0.3) is 0 Å². The summed E-state index contributed by atoms with van der Waals surface area (Å²) in [6, 6.07) is 3.31. The van der Waals surface area contributed by atoms with Crippen LogP contribution in [-0.2, 0) is 0 Å². The fourth-order valence-corrected chi connectivity index (χ4v) is 1.20. The van der Waals surface area contributed by atoms with Gasteiger partial charge in [-0.1, -0.05) is 0 Å². The van der Waals surface area contributed by atoms with Crippen LogP contribution in [-0.4, -0.2) is 16.4 Å². The van der Waals surface area contributed by atoms with Gasteiger partial charge in [-0.05, 0) is 31.9 Å². The molecule has 0 aromatic carbocycles. The highest BCUT2D eigenvalue weighted by Gasteiger charge is 2.38. The van der Waals surface area contributed by atoms with Gasteiger partial charge in [0.25, 0.3) is 5.91 Å². The van der Waals surface area contributed by atoms with Gasteiger partial charge in [-0.2, -0.15) is 0 Å². The molecule has 0 spiro atoms. The summed E-state index contributed by atoms with van der Waals surface area (Å²) in [7, 11) is 0. The maximum atomic E-state index is 11.6. The van der Waals surface area contributed by atoms with Crippen LogP contribution >= 0.6 is 0 Å². The maximum Gasteiger partial charge on any atom is 0.253 e. The van der Waals surface area contributed by atoms with Crippen molar-refractivity contribution in [3.8, 4) is 0 Å². The number of rotatable bonds is 2. The third-order valence-electron chi connectivity index (χ3n) is 2.46. The number of nitrogens with zero attached hydrogens (tertiary/aromatic N) is 1. The molecule has 1 heterocycles. The van der Waals surface area contributed by atoms with E-state index in [0.29, 0.717) is 11.4 Å². The lowest BCUT2D eigenvalue weighted by molar-refractivity contribution is 0.0935. The highest BCUT2D eigenvalue weighted by Crippen LogP contribution is 2.34. The molecule has 1 fully saturated rings. The molecule has 0 unspecified atom stereocenters. The van der Waals surface area contributed by atoms with E-state index >= 15 is 0 Å². The van der Waals surface area contributed by atoms with Gasteiger partial charge >= 0.3 is 0 Å². The van der Waals surface area contributed by atoms with Gasteiger partial charge in [0.1, 0.15) is 5.82 Å². The van der Waals surface area contributed by atoms with Crippen molar-refractivity contribution in [1.29, 1.82) is 0 Å². The smallest absolute Gasteiger partial charge is 0.253 e. The highest BCUT2D eigenvalue weighted by atomic mass is 16.1. The molecular weight excluding hydrogens is 178 g/mol. The second-order valence-electron chi connectivity index (χ2n) is 3.99. The van der Waals surface area contributed by atoms with E-state index in [2.05, 4.69) is 10.3 Å². The highest BCUT2D eigenvalue weighted by molar-refractivity contribution is 5.94. The van der Waals surface area contributed by atoms with Gasteiger partial charge < -0.3 is 11.1 Å². The van der Waals surface area contributed by atoms with Crippen LogP contribution < -0.4 is 11.1 Å². The second kappa shape index (κ2) is 2.97. The average molecular weight is 191 g/mol. The van der Waals surface area contributed by atoms with Crippen molar-refractivity contribution < 1.29 is 4.79 Å². The maximum absolute atomic E-state index is 11.6. The van der Waals surface area contributed by atoms with Gasteiger partial charge in [0.2, 0.25) is 0 Å². The number of amides is 1. The minimum Gasteiger partial charge on any atom is -0.384 e. The number of carbonyl (C=O) groups is 1. The summed E-state index contributed by atoms with van der Waals surface area (Å²) >= 11 is 0. The Hall–Kier alpha value is -1.58. The summed E-state index contributed by atoms with van der Waals surface area (Å²) < 4.78 is 0. The standard InChI is InChI=1S/C10H13N3O/c1-10(4-5-10)13-9(14)7-2-3-8(11)12-6-7/h2-3,6H,4-5H2,1H3,(H2,11,12)(H,13,14). The molecule has 0 saturated heterocycles. The number of hydrogen-bond donors (Lipinski definition) is 2. The quantitative estimate of drug-likeness (QED) is 0.731. The van der Waals surface area contributed by atoms with E-state index < -0.39 is 0 Å². The molecule has 14 heavy (non-hydrogen) atoms. The fraction of sp³-hybridized carbons (Fsp3) is 0.400. The lowest BCUT2D eigenvalue weighted by Gasteiger charge is -2.10. The van der Waals surface area contributed by atoms with Crippen molar-refractivity contribution in [2.75, 3.05) is 5.73 Å². The van der Waals surface area contributed by atoms with Gasteiger partial charge in [-0.15, -0.1) is 0 Å². The van der Waals surface area contributed by atoms with Crippen LogP contribution in [0, 0.1) is 0 Å². The minimum absolute atomic E-state index is 0.0124. The SMILES string of the molecule is CC1(NC(=O)c2ccc(N)nc2)CC1. The molecule has 1 aromatic heterocycles. The average Bonchev–Trinajstić information content (AvgIpc) is 2.84. The van der Waals surface area contributed by atoms with Crippen LogP contribution in [0.1, 0.15) is 30.1 Å². The molecule has 4 heteroatoms. The first-order valence-corrected chi connectivity index (χ1v) is 4.63. The molecule has 0 aliphatic heterocycles. The van der Waals surface area contributed by atoms with Crippen LogP contribution in [0.3, 0.4) is 0 Å². The number of nitrogen functional groups attached to an aromatic ring is 1. The van der Waals surface area contributed by atoms with Crippen LogP contribution in [0.5, 0.6) is 0 Å². The minimum atomic E-state index is -0.0718. The molecule has 1 aliphatic carbocycles. The Balaban J connectivity index is 2.07. The third kappa shape index (κ3) is 1.84. The van der Waals surface area contributed by atoms with E-state index in [1.54, 1.807) is 12.1 Å². The zero-order chi connectivity index (χ0) is 10.2. The lowest BCUT2D eigenvalue weighted by atomic mass is 10.2. The molecule has 1 aromatic rings. The number of nitrogens with two attached hydrogens (primary N) is 1. The van der Waals surface area contributed by atoms with Crippen molar-refractivity contribution in [1.82, 2.24) is 10.3 Å². The normalized spacial score (nSPS) is 17.5.